The van der Waals surface area contributed by atoms with E-state index in [0.29, 0.717) is 19.5 Å². The summed E-state index contributed by atoms with van der Waals surface area (Å²) in [6.07, 6.45) is 0.455. The molecule has 2 N–H and O–H groups in total. The van der Waals surface area contributed by atoms with E-state index in [4.69, 9.17) is 14.1 Å². The molecule has 29 heavy (non-hydrogen) atoms. The van der Waals surface area contributed by atoms with Gasteiger partial charge in [0.2, 0.25) is 5.91 Å². The summed E-state index contributed by atoms with van der Waals surface area (Å²) in [5.74, 6) is 2.72. The molecule has 0 aromatic carbocycles. The number of furan rings is 1. The van der Waals surface area contributed by atoms with Gasteiger partial charge in [0, 0.05) is 45.7 Å². The Labute approximate surface area is 174 Å². The minimum atomic E-state index is 0.0698. The number of amides is 1. The summed E-state index contributed by atoms with van der Waals surface area (Å²) in [6, 6.07) is 4.10. The molecule has 1 atom stereocenters. The van der Waals surface area contributed by atoms with Crippen LogP contribution in [0.15, 0.2) is 21.5 Å². The average Bonchev–Trinajstić information content (AvgIpc) is 3.16. The van der Waals surface area contributed by atoms with Gasteiger partial charge in [0.25, 0.3) is 0 Å². The Balaban J connectivity index is 1.99. The van der Waals surface area contributed by atoms with Crippen molar-refractivity contribution >= 4 is 11.9 Å². The quantitative estimate of drug-likeness (QED) is 0.454. The van der Waals surface area contributed by atoms with Crippen LogP contribution in [0.25, 0.3) is 0 Å². The van der Waals surface area contributed by atoms with E-state index < -0.39 is 0 Å². The van der Waals surface area contributed by atoms with Gasteiger partial charge >= 0.3 is 0 Å². The number of carbonyl (C=O) groups is 1. The third-order valence-corrected chi connectivity index (χ3v) is 5.09. The van der Waals surface area contributed by atoms with Gasteiger partial charge in [-0.3, -0.25) is 14.7 Å². The number of carbonyl (C=O) groups excluding carboxylic acids is 1. The number of rotatable bonds is 10. The predicted molar refractivity (Wildman–Crippen MR) is 115 cm³/mol. The molecule has 1 aliphatic heterocycles. The molecule has 0 bridgehead atoms. The summed E-state index contributed by atoms with van der Waals surface area (Å²) >= 11 is 0. The van der Waals surface area contributed by atoms with Crippen LogP contribution in [-0.2, 0) is 9.53 Å². The summed E-state index contributed by atoms with van der Waals surface area (Å²) in [5, 5.41) is 6.56. The lowest BCUT2D eigenvalue weighted by Gasteiger charge is -2.32. The molecule has 8 heteroatoms. The zero-order valence-electron chi connectivity index (χ0n) is 18.4. The first-order chi connectivity index (χ1) is 14.1. The van der Waals surface area contributed by atoms with Gasteiger partial charge in [-0.2, -0.15) is 0 Å². The van der Waals surface area contributed by atoms with Gasteiger partial charge < -0.3 is 24.7 Å². The summed E-state index contributed by atoms with van der Waals surface area (Å²) in [5.41, 5.74) is 0. The molecule has 1 aliphatic rings. The van der Waals surface area contributed by atoms with Crippen molar-refractivity contribution in [3.05, 3.63) is 23.7 Å². The van der Waals surface area contributed by atoms with Crippen LogP contribution in [0.3, 0.4) is 0 Å². The van der Waals surface area contributed by atoms with Crippen molar-refractivity contribution in [3.8, 4) is 0 Å². The highest BCUT2D eigenvalue weighted by atomic mass is 16.5. The first kappa shape index (κ1) is 23.2. The zero-order valence-corrected chi connectivity index (χ0v) is 18.4. The number of ether oxygens (including phenoxy) is 1. The highest BCUT2D eigenvalue weighted by molar-refractivity contribution is 5.81. The van der Waals surface area contributed by atoms with Crippen molar-refractivity contribution in [1.82, 2.24) is 20.4 Å². The van der Waals surface area contributed by atoms with Gasteiger partial charge in [-0.25, -0.2) is 0 Å². The number of nitrogens with one attached hydrogen (secondary N) is 2. The number of morpholine rings is 1. The molecule has 164 valence electrons. The van der Waals surface area contributed by atoms with Crippen LogP contribution in [0.4, 0.5) is 0 Å². The lowest BCUT2D eigenvalue weighted by atomic mass is 10.1. The van der Waals surface area contributed by atoms with Crippen molar-refractivity contribution < 1.29 is 13.9 Å². The van der Waals surface area contributed by atoms with Gasteiger partial charge in [0.1, 0.15) is 11.5 Å². The second-order valence-electron chi connectivity index (χ2n) is 7.07. The van der Waals surface area contributed by atoms with Crippen molar-refractivity contribution in [2.24, 2.45) is 4.99 Å². The first-order valence-corrected chi connectivity index (χ1v) is 10.8. The van der Waals surface area contributed by atoms with Crippen molar-refractivity contribution in [3.63, 3.8) is 0 Å². The molecule has 1 aromatic heterocycles. The van der Waals surface area contributed by atoms with Gasteiger partial charge in [0.15, 0.2) is 5.96 Å². The molecule has 1 fully saturated rings. The van der Waals surface area contributed by atoms with Crippen molar-refractivity contribution in [2.45, 2.75) is 40.2 Å². The fraction of sp³-hybridized carbons (Fsp3) is 0.714. The third-order valence-electron chi connectivity index (χ3n) is 5.09. The normalized spacial score (nSPS) is 16.5. The van der Waals surface area contributed by atoms with Crippen LogP contribution < -0.4 is 10.6 Å². The maximum atomic E-state index is 12.2. The van der Waals surface area contributed by atoms with Crippen LogP contribution in [0.5, 0.6) is 0 Å². The molecule has 0 aliphatic carbocycles. The topological polar surface area (TPSA) is 82.3 Å². The van der Waals surface area contributed by atoms with Gasteiger partial charge in [-0.05, 0) is 39.8 Å². The van der Waals surface area contributed by atoms with Gasteiger partial charge in [-0.15, -0.1) is 0 Å². The molecule has 2 rings (SSSR count). The third kappa shape index (κ3) is 7.36. The van der Waals surface area contributed by atoms with E-state index in [0.717, 1.165) is 63.4 Å². The highest BCUT2D eigenvalue weighted by Crippen LogP contribution is 2.24. The van der Waals surface area contributed by atoms with Crippen LogP contribution >= 0.6 is 0 Å². The zero-order chi connectivity index (χ0) is 21.1. The van der Waals surface area contributed by atoms with Gasteiger partial charge in [0.05, 0.1) is 25.8 Å². The van der Waals surface area contributed by atoms with Gasteiger partial charge in [-0.1, -0.05) is 0 Å². The predicted octanol–water partition coefficient (Wildman–Crippen LogP) is 1.77. The Kier molecular flexibility index (Phi) is 10.0. The Bertz CT molecular complexity index is 636. The molecule has 8 nitrogen and oxygen atoms in total. The Morgan fingerprint density at radius 1 is 1.21 bits per heavy atom. The molecule has 0 spiro atoms. The monoisotopic (exact) mass is 407 g/mol. The summed E-state index contributed by atoms with van der Waals surface area (Å²) in [4.78, 5) is 21.2. The molecule has 1 unspecified atom stereocenters. The van der Waals surface area contributed by atoms with E-state index in [1.807, 2.05) is 44.7 Å². The molecule has 0 saturated carbocycles. The second-order valence-corrected chi connectivity index (χ2v) is 7.07. The Morgan fingerprint density at radius 2 is 1.93 bits per heavy atom. The van der Waals surface area contributed by atoms with Crippen LogP contribution in [0.2, 0.25) is 0 Å². The standard InChI is InChI=1S/C21H37N5O3/c1-5-22-21(23-11-10-20(27)25(6-2)7-3)24-16-18(19-9-8-17(4)29-19)26-12-14-28-15-13-26/h8-9,18H,5-7,10-16H2,1-4H3,(H2,22,23,24). The van der Waals surface area contributed by atoms with Crippen LogP contribution in [0, 0.1) is 6.92 Å². The lowest BCUT2D eigenvalue weighted by Crippen LogP contribution is -2.42. The Hall–Kier alpha value is -2.06. The maximum Gasteiger partial charge on any atom is 0.224 e. The average molecular weight is 408 g/mol. The summed E-state index contributed by atoms with van der Waals surface area (Å²) in [7, 11) is 0. The van der Waals surface area contributed by atoms with Crippen molar-refractivity contribution in [1.29, 1.82) is 0 Å². The number of aryl methyl sites for hydroxylation is 1. The molecule has 2 heterocycles. The maximum absolute atomic E-state index is 12.2. The number of guanidine groups is 1. The smallest absolute Gasteiger partial charge is 0.224 e. The largest absolute Gasteiger partial charge is 0.465 e. The fourth-order valence-electron chi connectivity index (χ4n) is 3.45. The molecule has 1 amide bonds. The fourth-order valence-corrected chi connectivity index (χ4v) is 3.45. The second kappa shape index (κ2) is 12.5. The minimum Gasteiger partial charge on any atom is -0.465 e. The lowest BCUT2D eigenvalue weighted by molar-refractivity contribution is -0.130. The van der Waals surface area contributed by atoms with E-state index in [1.165, 1.54) is 0 Å². The first-order valence-electron chi connectivity index (χ1n) is 10.8. The van der Waals surface area contributed by atoms with E-state index in [1.54, 1.807) is 0 Å². The molecular weight excluding hydrogens is 370 g/mol. The highest BCUT2D eigenvalue weighted by Gasteiger charge is 2.25. The Morgan fingerprint density at radius 3 is 2.52 bits per heavy atom. The molecule has 0 radical (unpaired) electrons. The molecular formula is C21H37N5O3. The number of hydrogen-bond acceptors (Lipinski definition) is 5. The minimum absolute atomic E-state index is 0.0698. The molecule has 1 aromatic rings. The molecule has 1 saturated heterocycles. The SMILES string of the molecule is CCNC(=NCC(c1ccc(C)o1)N1CCOCC1)NCCC(=O)N(CC)CC. The summed E-state index contributed by atoms with van der Waals surface area (Å²) in [6.45, 7) is 14.6. The number of aliphatic imine (C=N–C) groups is 1. The van der Waals surface area contributed by atoms with E-state index >= 15 is 0 Å². The van der Waals surface area contributed by atoms with Crippen LogP contribution in [0.1, 0.15) is 44.8 Å². The van der Waals surface area contributed by atoms with Crippen molar-refractivity contribution in [2.75, 3.05) is 59.0 Å². The van der Waals surface area contributed by atoms with E-state index in [2.05, 4.69) is 15.5 Å². The number of nitrogens with zero attached hydrogens (tertiary/aromatic N) is 3. The van der Waals surface area contributed by atoms with E-state index in [-0.39, 0.29) is 11.9 Å². The van der Waals surface area contributed by atoms with Crippen LogP contribution in [-0.4, -0.2) is 80.7 Å². The number of hydrogen-bond donors (Lipinski definition) is 2. The summed E-state index contributed by atoms with van der Waals surface area (Å²) < 4.78 is 11.4. The van der Waals surface area contributed by atoms with E-state index in [9.17, 15) is 4.79 Å².